The first-order valence-electron chi connectivity index (χ1n) is 12.8. The van der Waals surface area contributed by atoms with Crippen molar-refractivity contribution in [2.24, 2.45) is 0 Å². The van der Waals surface area contributed by atoms with Crippen molar-refractivity contribution in [2.75, 3.05) is 31.3 Å². The lowest BCUT2D eigenvalue weighted by Gasteiger charge is -2.28. The normalized spacial score (nSPS) is 13.3. The maximum atomic E-state index is 12.6. The van der Waals surface area contributed by atoms with Crippen LogP contribution < -0.4 is 20.7 Å². The van der Waals surface area contributed by atoms with Crippen LogP contribution in [0.4, 0.5) is 22.2 Å². The number of rotatable bonds is 11. The van der Waals surface area contributed by atoms with Gasteiger partial charge in [0.1, 0.15) is 11.6 Å². The van der Waals surface area contributed by atoms with E-state index in [2.05, 4.69) is 49.3 Å². The molecule has 0 radical (unpaired) electrons. The zero-order valence-corrected chi connectivity index (χ0v) is 23.2. The van der Waals surface area contributed by atoms with Gasteiger partial charge >= 0.3 is 6.09 Å². The zero-order chi connectivity index (χ0) is 28.4. The number of amides is 2. The number of methoxy groups -OCH3 is 1. The molecule has 0 saturated heterocycles. The van der Waals surface area contributed by atoms with E-state index >= 15 is 0 Å². The minimum Gasteiger partial charge on any atom is -0.481 e. The quantitative estimate of drug-likeness (QED) is 0.223. The molecule has 2 aromatic rings. The number of hydrogen-bond acceptors (Lipinski definition) is 9. The number of nitrogens with zero attached hydrogens (tertiary/aromatic N) is 4. The summed E-state index contributed by atoms with van der Waals surface area (Å²) >= 11 is 0. The van der Waals surface area contributed by atoms with Crippen LogP contribution in [-0.4, -0.2) is 70.2 Å². The predicted octanol–water partition coefficient (Wildman–Crippen LogP) is 3.87. The Bertz CT molecular complexity index is 1210. The molecule has 2 aromatic heterocycles. The molecule has 0 spiro atoms. The second-order valence-corrected chi connectivity index (χ2v) is 10.1. The van der Waals surface area contributed by atoms with Gasteiger partial charge in [0, 0.05) is 32.1 Å². The highest BCUT2D eigenvalue weighted by molar-refractivity contribution is 5.87. The second kappa shape index (κ2) is 13.5. The van der Waals surface area contributed by atoms with Gasteiger partial charge in [0.2, 0.25) is 17.7 Å². The summed E-state index contributed by atoms with van der Waals surface area (Å²) in [6.07, 6.45) is 7.53. The Kier molecular flexibility index (Phi) is 10.1. The van der Waals surface area contributed by atoms with Crippen molar-refractivity contribution >= 4 is 29.5 Å². The molecule has 0 bridgehead atoms. The molecule has 11 heteroatoms. The zero-order valence-electron chi connectivity index (χ0n) is 23.2. The SMILES string of the molecule is C=C[C@@H](C(=O)NCCCC#Cc1cnc(NC2CC2)nc1Nc1ccc(OC)nc1)N(C)C(=O)OC(C)(C)C. The molecule has 1 saturated carbocycles. The first-order chi connectivity index (χ1) is 18.6. The fourth-order valence-electron chi connectivity index (χ4n) is 3.30. The van der Waals surface area contributed by atoms with E-state index in [1.54, 1.807) is 46.3 Å². The third-order valence-corrected chi connectivity index (χ3v) is 5.50. The lowest BCUT2D eigenvalue weighted by Crippen LogP contribution is -2.48. The molecule has 2 heterocycles. The molecule has 2 amide bonds. The number of likely N-dealkylation sites (N-methyl/N-ethyl adjacent to an activating group) is 1. The Morgan fingerprint density at radius 2 is 2.03 bits per heavy atom. The van der Waals surface area contributed by atoms with Gasteiger partial charge in [-0.3, -0.25) is 9.69 Å². The number of nitrogens with one attached hydrogen (secondary N) is 3. The van der Waals surface area contributed by atoms with E-state index in [0.29, 0.717) is 48.6 Å². The third kappa shape index (κ3) is 9.48. The smallest absolute Gasteiger partial charge is 0.410 e. The van der Waals surface area contributed by atoms with Crippen molar-refractivity contribution < 1.29 is 19.1 Å². The van der Waals surface area contributed by atoms with Crippen molar-refractivity contribution in [2.45, 2.75) is 64.1 Å². The van der Waals surface area contributed by atoms with Gasteiger partial charge in [-0.25, -0.2) is 14.8 Å². The van der Waals surface area contributed by atoms with Crippen LogP contribution >= 0.6 is 0 Å². The standard InChI is InChI=1S/C28H37N7O4/c1-7-22(35(5)27(37)39-28(2,3)4)25(36)29-16-10-8-9-11-19-17-31-26(33-20-12-13-20)34-24(19)32-21-14-15-23(38-6)30-18-21/h7,14-15,17-18,20,22H,1,8,10,12-13,16H2,2-6H3,(H,29,36)(H2,31,32,33,34)/t22-/m0/s1. The Labute approximate surface area is 229 Å². The fraction of sp³-hybridized carbons (Fsp3) is 0.464. The van der Waals surface area contributed by atoms with Gasteiger partial charge < -0.3 is 25.4 Å². The van der Waals surface area contributed by atoms with E-state index in [-0.39, 0.29) is 5.91 Å². The van der Waals surface area contributed by atoms with Crippen molar-refractivity contribution in [3.8, 4) is 17.7 Å². The van der Waals surface area contributed by atoms with E-state index in [0.717, 1.165) is 18.5 Å². The third-order valence-electron chi connectivity index (χ3n) is 5.50. The number of carbonyl (C=O) groups is 2. The highest BCUT2D eigenvalue weighted by atomic mass is 16.6. The molecule has 1 fully saturated rings. The van der Waals surface area contributed by atoms with Crippen LogP contribution in [0, 0.1) is 11.8 Å². The summed E-state index contributed by atoms with van der Waals surface area (Å²) in [5, 5.41) is 9.38. The number of pyridine rings is 1. The van der Waals surface area contributed by atoms with Gasteiger partial charge in [0.15, 0.2) is 5.82 Å². The molecule has 1 aliphatic carbocycles. The summed E-state index contributed by atoms with van der Waals surface area (Å²) in [6, 6.07) is 3.18. The van der Waals surface area contributed by atoms with Crippen molar-refractivity contribution in [3.05, 3.63) is 42.7 Å². The topological polar surface area (TPSA) is 131 Å². The van der Waals surface area contributed by atoms with E-state index in [9.17, 15) is 9.59 Å². The molecule has 0 unspecified atom stereocenters. The summed E-state index contributed by atoms with van der Waals surface area (Å²) in [7, 11) is 3.07. The van der Waals surface area contributed by atoms with Gasteiger partial charge in [-0.15, -0.1) is 6.58 Å². The van der Waals surface area contributed by atoms with Crippen LogP contribution in [0.1, 0.15) is 52.0 Å². The Morgan fingerprint density at radius 3 is 2.64 bits per heavy atom. The van der Waals surface area contributed by atoms with Gasteiger partial charge in [-0.05, 0) is 46.1 Å². The predicted molar refractivity (Wildman–Crippen MR) is 150 cm³/mol. The lowest BCUT2D eigenvalue weighted by molar-refractivity contribution is -0.124. The average Bonchev–Trinajstić information content (AvgIpc) is 3.71. The molecule has 11 nitrogen and oxygen atoms in total. The van der Waals surface area contributed by atoms with Crippen LogP contribution in [0.3, 0.4) is 0 Å². The minimum absolute atomic E-state index is 0.335. The number of carbonyl (C=O) groups excluding carboxylic acids is 2. The van der Waals surface area contributed by atoms with Crippen molar-refractivity contribution in [1.82, 2.24) is 25.2 Å². The molecule has 3 rings (SSSR count). The molecule has 0 aliphatic heterocycles. The Morgan fingerprint density at radius 1 is 1.26 bits per heavy atom. The Hall–Kier alpha value is -4.33. The average molecular weight is 536 g/mol. The van der Waals surface area contributed by atoms with Crippen molar-refractivity contribution in [3.63, 3.8) is 0 Å². The summed E-state index contributed by atoms with van der Waals surface area (Å²) in [4.78, 5) is 39.3. The Balaban J connectivity index is 1.56. The molecule has 1 aliphatic rings. The van der Waals surface area contributed by atoms with E-state index in [4.69, 9.17) is 9.47 Å². The maximum absolute atomic E-state index is 12.6. The minimum atomic E-state index is -0.841. The molecule has 208 valence electrons. The van der Waals surface area contributed by atoms with Crippen LogP contribution in [0.25, 0.3) is 0 Å². The number of ether oxygens (including phenoxy) is 2. The fourth-order valence-corrected chi connectivity index (χ4v) is 3.30. The van der Waals surface area contributed by atoms with Crippen LogP contribution in [-0.2, 0) is 9.53 Å². The molecule has 3 N–H and O–H groups in total. The first kappa shape index (κ1) is 29.2. The maximum Gasteiger partial charge on any atom is 0.410 e. The molecule has 39 heavy (non-hydrogen) atoms. The van der Waals surface area contributed by atoms with Crippen LogP contribution in [0.15, 0.2) is 37.2 Å². The summed E-state index contributed by atoms with van der Waals surface area (Å²) < 4.78 is 10.5. The van der Waals surface area contributed by atoms with E-state index in [1.165, 1.54) is 18.0 Å². The van der Waals surface area contributed by atoms with E-state index < -0.39 is 17.7 Å². The summed E-state index contributed by atoms with van der Waals surface area (Å²) in [5.74, 6) is 7.54. The first-order valence-corrected chi connectivity index (χ1v) is 12.8. The highest BCUT2D eigenvalue weighted by Gasteiger charge is 2.28. The van der Waals surface area contributed by atoms with Crippen LogP contribution in [0.5, 0.6) is 5.88 Å². The van der Waals surface area contributed by atoms with Crippen LogP contribution in [0.2, 0.25) is 0 Å². The summed E-state index contributed by atoms with van der Waals surface area (Å²) in [5.41, 5.74) is 0.722. The molecular weight excluding hydrogens is 498 g/mol. The monoisotopic (exact) mass is 535 g/mol. The largest absolute Gasteiger partial charge is 0.481 e. The van der Waals surface area contributed by atoms with Gasteiger partial charge in [-0.1, -0.05) is 17.9 Å². The number of aromatic nitrogens is 3. The van der Waals surface area contributed by atoms with Gasteiger partial charge in [0.25, 0.3) is 0 Å². The summed E-state index contributed by atoms with van der Waals surface area (Å²) in [6.45, 7) is 9.38. The van der Waals surface area contributed by atoms with E-state index in [1.807, 2.05) is 6.07 Å². The van der Waals surface area contributed by atoms with Gasteiger partial charge in [0.05, 0.1) is 30.8 Å². The number of anilines is 3. The highest BCUT2D eigenvalue weighted by Crippen LogP contribution is 2.25. The van der Waals surface area contributed by atoms with Crippen molar-refractivity contribution in [1.29, 1.82) is 0 Å². The number of unbranched alkanes of at least 4 members (excludes halogenated alkanes) is 1. The molecule has 1 atom stereocenters. The molecular formula is C28H37N7O4. The van der Waals surface area contributed by atoms with Gasteiger partial charge in [-0.2, -0.15) is 4.98 Å². The lowest BCUT2D eigenvalue weighted by atomic mass is 10.2. The number of hydrogen-bond donors (Lipinski definition) is 3. The molecule has 0 aromatic carbocycles. The second-order valence-electron chi connectivity index (χ2n) is 10.1.